The van der Waals surface area contributed by atoms with Crippen molar-refractivity contribution < 1.29 is 20.1 Å². The van der Waals surface area contributed by atoms with Crippen LogP contribution in [0.2, 0.25) is 0 Å². The highest BCUT2D eigenvalue weighted by molar-refractivity contribution is 5.82. The van der Waals surface area contributed by atoms with Gasteiger partial charge in [-0.3, -0.25) is 4.57 Å². The number of imidazole rings is 1. The molecule has 0 amide bonds. The zero-order chi connectivity index (χ0) is 16.0. The molecule has 0 aromatic carbocycles. The fraction of sp³-hybridized carbons (Fsp3) is 0.643. The first-order valence-corrected chi connectivity index (χ1v) is 7.75. The summed E-state index contributed by atoms with van der Waals surface area (Å²) >= 11 is 0. The maximum atomic E-state index is 10.2. The SMILES string of the molecule is OC[C@H]1O[C@@H](n2cnc3c(NC4CCC4)ncnc32)[C@H](O)[C@@H]1O. The van der Waals surface area contributed by atoms with Gasteiger partial charge < -0.3 is 25.4 Å². The fourth-order valence-corrected chi connectivity index (χ4v) is 3.00. The van der Waals surface area contributed by atoms with E-state index in [-0.39, 0.29) is 6.61 Å². The second kappa shape index (κ2) is 5.68. The van der Waals surface area contributed by atoms with Gasteiger partial charge in [0.25, 0.3) is 0 Å². The third kappa shape index (κ3) is 2.36. The molecule has 124 valence electrons. The summed E-state index contributed by atoms with van der Waals surface area (Å²) in [6, 6.07) is 0.409. The van der Waals surface area contributed by atoms with Crippen molar-refractivity contribution in [2.45, 2.75) is 49.8 Å². The molecule has 3 heterocycles. The van der Waals surface area contributed by atoms with E-state index < -0.39 is 24.5 Å². The number of nitrogens with zero attached hydrogens (tertiary/aromatic N) is 4. The topological polar surface area (TPSA) is 126 Å². The van der Waals surface area contributed by atoms with Crippen LogP contribution in [0.15, 0.2) is 12.7 Å². The van der Waals surface area contributed by atoms with Gasteiger partial charge in [0.2, 0.25) is 0 Å². The Morgan fingerprint density at radius 2 is 2.04 bits per heavy atom. The van der Waals surface area contributed by atoms with Crippen molar-refractivity contribution in [2.24, 2.45) is 0 Å². The summed E-state index contributed by atoms with van der Waals surface area (Å²) in [6.07, 6.45) is 2.37. The van der Waals surface area contributed by atoms with Crippen LogP contribution < -0.4 is 5.32 Å². The van der Waals surface area contributed by atoms with Crippen molar-refractivity contribution in [3.63, 3.8) is 0 Å². The second-order valence-corrected chi connectivity index (χ2v) is 6.05. The van der Waals surface area contributed by atoms with Gasteiger partial charge in [-0.1, -0.05) is 0 Å². The first-order chi connectivity index (χ1) is 11.2. The molecule has 4 atom stereocenters. The summed E-state index contributed by atoms with van der Waals surface area (Å²) < 4.78 is 7.10. The van der Waals surface area contributed by atoms with Crippen LogP contribution in [0.3, 0.4) is 0 Å². The lowest BCUT2D eigenvalue weighted by atomic mass is 9.93. The van der Waals surface area contributed by atoms with Crippen molar-refractivity contribution in [2.75, 3.05) is 11.9 Å². The van der Waals surface area contributed by atoms with E-state index in [0.29, 0.717) is 23.0 Å². The van der Waals surface area contributed by atoms with Crippen molar-refractivity contribution in [1.29, 1.82) is 0 Å². The highest BCUT2D eigenvalue weighted by Gasteiger charge is 2.44. The summed E-state index contributed by atoms with van der Waals surface area (Å²) in [7, 11) is 0. The maximum absolute atomic E-state index is 10.2. The molecule has 2 fully saturated rings. The summed E-state index contributed by atoms with van der Waals surface area (Å²) in [5.74, 6) is 0.658. The van der Waals surface area contributed by atoms with E-state index in [4.69, 9.17) is 4.74 Å². The molecule has 1 saturated carbocycles. The second-order valence-electron chi connectivity index (χ2n) is 6.05. The van der Waals surface area contributed by atoms with Gasteiger partial charge in [-0.2, -0.15) is 0 Å². The third-order valence-electron chi connectivity index (χ3n) is 4.60. The fourth-order valence-electron chi connectivity index (χ4n) is 3.00. The van der Waals surface area contributed by atoms with E-state index in [1.165, 1.54) is 19.1 Å². The molecule has 0 radical (unpaired) electrons. The first kappa shape index (κ1) is 14.8. The molecular weight excluding hydrogens is 302 g/mol. The highest BCUT2D eigenvalue weighted by Crippen LogP contribution is 2.32. The van der Waals surface area contributed by atoms with Gasteiger partial charge in [-0.25, -0.2) is 15.0 Å². The predicted octanol–water partition coefficient (Wildman–Crippen LogP) is -0.598. The van der Waals surface area contributed by atoms with Gasteiger partial charge in [-0.05, 0) is 19.3 Å². The number of aromatic nitrogens is 4. The normalized spacial score (nSPS) is 31.4. The largest absolute Gasteiger partial charge is 0.394 e. The number of aliphatic hydroxyl groups is 3. The smallest absolute Gasteiger partial charge is 0.167 e. The van der Waals surface area contributed by atoms with Crippen LogP contribution in [0.1, 0.15) is 25.5 Å². The number of fused-ring (bicyclic) bond motifs is 1. The molecule has 0 unspecified atom stereocenters. The van der Waals surface area contributed by atoms with Gasteiger partial charge >= 0.3 is 0 Å². The maximum Gasteiger partial charge on any atom is 0.167 e. The molecule has 2 aliphatic rings. The van der Waals surface area contributed by atoms with Gasteiger partial charge in [-0.15, -0.1) is 0 Å². The van der Waals surface area contributed by atoms with Crippen LogP contribution in [0, 0.1) is 0 Å². The minimum Gasteiger partial charge on any atom is -0.394 e. The minimum atomic E-state index is -1.16. The molecule has 0 bridgehead atoms. The molecule has 4 rings (SSSR count). The van der Waals surface area contributed by atoms with Crippen LogP contribution in [-0.4, -0.2) is 65.8 Å². The molecule has 2 aromatic rings. The Labute approximate surface area is 132 Å². The van der Waals surface area contributed by atoms with Crippen LogP contribution in [-0.2, 0) is 4.74 Å². The monoisotopic (exact) mass is 321 g/mol. The van der Waals surface area contributed by atoms with Crippen molar-refractivity contribution in [3.05, 3.63) is 12.7 Å². The number of nitrogens with one attached hydrogen (secondary N) is 1. The van der Waals surface area contributed by atoms with Crippen molar-refractivity contribution >= 4 is 17.0 Å². The molecule has 4 N–H and O–H groups in total. The quantitative estimate of drug-likeness (QED) is 0.588. The molecule has 1 aliphatic carbocycles. The summed E-state index contributed by atoms with van der Waals surface area (Å²) in [6.45, 7) is -0.370. The zero-order valence-electron chi connectivity index (χ0n) is 12.4. The van der Waals surface area contributed by atoms with Crippen molar-refractivity contribution in [3.8, 4) is 0 Å². The van der Waals surface area contributed by atoms with Crippen LogP contribution in [0.5, 0.6) is 0 Å². The summed E-state index contributed by atoms with van der Waals surface area (Å²) in [5, 5.41) is 32.6. The number of rotatable bonds is 4. The Morgan fingerprint density at radius 3 is 2.70 bits per heavy atom. The molecule has 1 aliphatic heterocycles. The van der Waals surface area contributed by atoms with E-state index in [1.54, 1.807) is 4.57 Å². The van der Waals surface area contributed by atoms with Crippen LogP contribution >= 0.6 is 0 Å². The average molecular weight is 321 g/mol. The van der Waals surface area contributed by atoms with Gasteiger partial charge in [0.15, 0.2) is 23.2 Å². The highest BCUT2D eigenvalue weighted by atomic mass is 16.6. The molecular formula is C14H19N5O4. The lowest BCUT2D eigenvalue weighted by Crippen LogP contribution is -2.33. The van der Waals surface area contributed by atoms with E-state index in [1.807, 2.05) is 0 Å². The average Bonchev–Trinajstić information content (AvgIpc) is 3.06. The molecule has 23 heavy (non-hydrogen) atoms. The minimum absolute atomic E-state index is 0.370. The van der Waals surface area contributed by atoms with Crippen molar-refractivity contribution in [1.82, 2.24) is 19.5 Å². The number of anilines is 1. The van der Waals surface area contributed by atoms with E-state index in [0.717, 1.165) is 12.8 Å². The molecule has 1 saturated heterocycles. The third-order valence-corrected chi connectivity index (χ3v) is 4.60. The zero-order valence-corrected chi connectivity index (χ0v) is 12.4. The lowest BCUT2D eigenvalue weighted by molar-refractivity contribution is -0.0511. The van der Waals surface area contributed by atoms with Crippen LogP contribution in [0.25, 0.3) is 11.2 Å². The predicted molar refractivity (Wildman–Crippen MR) is 79.6 cm³/mol. The first-order valence-electron chi connectivity index (χ1n) is 7.75. The van der Waals surface area contributed by atoms with Gasteiger partial charge in [0, 0.05) is 6.04 Å². The lowest BCUT2D eigenvalue weighted by Gasteiger charge is -2.26. The van der Waals surface area contributed by atoms with Crippen LogP contribution in [0.4, 0.5) is 5.82 Å². The molecule has 9 nitrogen and oxygen atoms in total. The number of aliphatic hydroxyl groups excluding tert-OH is 3. The molecule has 0 spiro atoms. The van der Waals surface area contributed by atoms with E-state index in [2.05, 4.69) is 20.3 Å². The Kier molecular flexibility index (Phi) is 3.64. The van der Waals surface area contributed by atoms with Gasteiger partial charge in [0.1, 0.15) is 24.6 Å². The number of hydrogen-bond donors (Lipinski definition) is 4. The van der Waals surface area contributed by atoms with E-state index >= 15 is 0 Å². The Balaban J connectivity index is 1.67. The summed E-state index contributed by atoms with van der Waals surface area (Å²) in [4.78, 5) is 12.8. The van der Waals surface area contributed by atoms with Gasteiger partial charge in [0.05, 0.1) is 12.9 Å². The number of ether oxygens (including phenoxy) is 1. The standard InChI is InChI=1S/C14H19N5O4/c20-4-8-10(21)11(22)14(23-8)19-6-17-9-12(15-5-16-13(9)19)18-7-2-1-3-7/h5-8,10-11,14,20-22H,1-4H2,(H,15,16,18)/t8-,10-,11-,14-/m1/s1. The Morgan fingerprint density at radius 1 is 1.22 bits per heavy atom. The summed E-state index contributed by atoms with van der Waals surface area (Å²) in [5.41, 5.74) is 1.11. The molecule has 2 aromatic heterocycles. The number of hydrogen-bond acceptors (Lipinski definition) is 8. The van der Waals surface area contributed by atoms with E-state index in [9.17, 15) is 15.3 Å². The Hall–Kier alpha value is -1.81. The Bertz CT molecular complexity index is 704. The molecule has 9 heteroatoms.